The predicted molar refractivity (Wildman–Crippen MR) is 51.1 cm³/mol. The minimum Gasteiger partial charge on any atom is -0.505 e. The van der Waals surface area contributed by atoms with Crippen LogP contribution < -0.4 is 0 Å². The van der Waals surface area contributed by atoms with Gasteiger partial charge in [0.25, 0.3) is 0 Å². The number of phenolic OH excluding ortho intramolecular Hbond substituents is 1. The van der Waals surface area contributed by atoms with Crippen molar-refractivity contribution in [2.24, 2.45) is 5.18 Å². The summed E-state index contributed by atoms with van der Waals surface area (Å²) in [6.45, 7) is 0. The molecule has 14 heavy (non-hydrogen) atoms. The number of phenols is 1. The molecule has 0 spiro atoms. The van der Waals surface area contributed by atoms with E-state index >= 15 is 0 Å². The van der Waals surface area contributed by atoms with Crippen molar-refractivity contribution in [2.45, 2.75) is 0 Å². The van der Waals surface area contributed by atoms with Gasteiger partial charge in [0.2, 0.25) is 0 Å². The first-order chi connectivity index (χ1) is 6.33. The van der Waals surface area contributed by atoms with Gasteiger partial charge in [0.1, 0.15) is 5.69 Å². The van der Waals surface area contributed by atoms with Crippen molar-refractivity contribution in [1.82, 2.24) is 0 Å². The zero-order valence-electron chi connectivity index (χ0n) is 7.12. The number of benzene rings is 2. The summed E-state index contributed by atoms with van der Waals surface area (Å²) < 4.78 is 0. The summed E-state index contributed by atoms with van der Waals surface area (Å²) in [5.41, 5.74) is 0.0821. The molecule has 0 atom stereocenters. The fourth-order valence-corrected chi connectivity index (χ4v) is 1.32. The molecule has 0 amide bonds. The van der Waals surface area contributed by atoms with Gasteiger partial charge in [0.15, 0.2) is 5.75 Å². The maximum Gasteiger partial charge on any atom is 2.00 e. The molecule has 3 nitrogen and oxygen atoms in total. The molecule has 70 valence electrons. The zero-order chi connectivity index (χ0) is 9.26. The minimum atomic E-state index is -0.0481. The van der Waals surface area contributed by atoms with E-state index in [9.17, 15) is 10.0 Å². The molecule has 2 rings (SSSR count). The van der Waals surface area contributed by atoms with Crippen LogP contribution in [0.3, 0.4) is 0 Å². The Labute approximate surface area is 91.2 Å². The Balaban J connectivity index is 0.000000980. The maximum absolute atomic E-state index is 10.3. The Kier molecular flexibility index (Phi) is 3.23. The second-order valence-electron chi connectivity index (χ2n) is 2.75. The Morgan fingerprint density at radius 3 is 2.50 bits per heavy atom. The van der Waals surface area contributed by atoms with Gasteiger partial charge in [-0.25, -0.2) is 0 Å². The molecular weight excluding hydrogens is 222 g/mol. The van der Waals surface area contributed by atoms with E-state index in [0.717, 1.165) is 5.39 Å². The first-order valence-corrected chi connectivity index (χ1v) is 3.87. The van der Waals surface area contributed by atoms with E-state index in [-0.39, 0.29) is 28.5 Å². The van der Waals surface area contributed by atoms with Gasteiger partial charge in [0, 0.05) is 5.39 Å². The largest absolute Gasteiger partial charge is 2.00 e. The van der Waals surface area contributed by atoms with Crippen molar-refractivity contribution in [2.75, 3.05) is 0 Å². The second kappa shape index (κ2) is 4.22. The number of hydrogen-bond acceptors (Lipinski definition) is 3. The molecule has 0 radical (unpaired) electrons. The molecule has 0 aromatic heterocycles. The monoisotopic (exact) mass is 229 g/mol. The van der Waals surface area contributed by atoms with Gasteiger partial charge in [-0.15, -0.1) is 4.91 Å². The van der Waals surface area contributed by atoms with Crippen LogP contribution in [0.1, 0.15) is 0 Å². The van der Waals surface area contributed by atoms with Crippen LogP contribution in [-0.2, 0) is 17.1 Å². The van der Waals surface area contributed by atoms with Crippen LogP contribution in [0.5, 0.6) is 5.75 Å². The molecule has 2 aromatic rings. The van der Waals surface area contributed by atoms with E-state index in [1.54, 1.807) is 18.2 Å². The summed E-state index contributed by atoms with van der Waals surface area (Å²) in [6.07, 6.45) is 0. The van der Waals surface area contributed by atoms with Crippen LogP contribution in [0.2, 0.25) is 0 Å². The summed E-state index contributed by atoms with van der Waals surface area (Å²) in [7, 11) is 0. The van der Waals surface area contributed by atoms with Gasteiger partial charge in [0.05, 0.1) is 0 Å². The number of hydrogen-bond donors (Lipinski definition) is 1. The van der Waals surface area contributed by atoms with Crippen LogP contribution in [0.25, 0.3) is 10.8 Å². The molecule has 0 unspecified atom stereocenters. The third-order valence-electron chi connectivity index (χ3n) is 1.98. The predicted octanol–water partition coefficient (Wildman–Crippen LogP) is 2.94. The maximum atomic E-state index is 10.3. The van der Waals surface area contributed by atoms with Crippen molar-refractivity contribution in [3.63, 3.8) is 0 Å². The quantitative estimate of drug-likeness (QED) is 0.603. The van der Waals surface area contributed by atoms with Crippen molar-refractivity contribution in [1.29, 1.82) is 0 Å². The zero-order valence-corrected chi connectivity index (χ0v) is 8.22. The SMILES string of the molecule is O=Nc1ccc2ccccc2c1O.[Fe+2]. The van der Waals surface area contributed by atoms with Crippen molar-refractivity contribution >= 4 is 16.5 Å². The molecule has 0 aliphatic rings. The Morgan fingerprint density at radius 1 is 1.07 bits per heavy atom. The van der Waals surface area contributed by atoms with Crippen LogP contribution >= 0.6 is 0 Å². The molecular formula is C10H7FeNO2+2. The summed E-state index contributed by atoms with van der Waals surface area (Å²) in [4.78, 5) is 10.3. The fraction of sp³-hybridized carbons (Fsp3) is 0. The van der Waals surface area contributed by atoms with Crippen LogP contribution in [0.15, 0.2) is 41.6 Å². The molecule has 4 heteroatoms. The smallest absolute Gasteiger partial charge is 0.505 e. The standard InChI is InChI=1S/C10H7NO2.Fe/c12-10-8-4-2-1-3-7(8)5-6-9(10)11-13;/h1-6,12H;/q;+2. The number of nitroso groups, excluding NO2 is 1. The van der Waals surface area contributed by atoms with Crippen LogP contribution in [0, 0.1) is 4.91 Å². The average Bonchev–Trinajstić information content (AvgIpc) is 2.19. The molecule has 0 fully saturated rings. The van der Waals surface area contributed by atoms with Gasteiger partial charge in [-0.05, 0) is 16.6 Å². The Morgan fingerprint density at radius 2 is 1.79 bits per heavy atom. The van der Waals surface area contributed by atoms with Crippen molar-refractivity contribution < 1.29 is 22.2 Å². The number of nitrogens with zero attached hydrogens (tertiary/aromatic N) is 1. The topological polar surface area (TPSA) is 49.7 Å². The van der Waals surface area contributed by atoms with Gasteiger partial charge in [-0.2, -0.15) is 0 Å². The fourth-order valence-electron chi connectivity index (χ4n) is 1.32. The number of aromatic hydroxyl groups is 1. The summed E-state index contributed by atoms with van der Waals surface area (Å²) >= 11 is 0. The molecule has 1 N–H and O–H groups in total. The second-order valence-corrected chi connectivity index (χ2v) is 2.75. The van der Waals surface area contributed by atoms with Gasteiger partial charge < -0.3 is 5.11 Å². The summed E-state index contributed by atoms with van der Waals surface area (Å²) in [5.74, 6) is -0.0481. The van der Waals surface area contributed by atoms with Gasteiger partial charge in [-0.1, -0.05) is 30.3 Å². The van der Waals surface area contributed by atoms with Crippen molar-refractivity contribution in [3.05, 3.63) is 41.3 Å². The minimum absolute atomic E-state index is 0. The molecule has 0 aliphatic heterocycles. The van der Waals surface area contributed by atoms with Gasteiger partial charge in [-0.3, -0.25) is 0 Å². The van der Waals surface area contributed by atoms with E-state index in [1.165, 1.54) is 6.07 Å². The number of fused-ring (bicyclic) bond motifs is 1. The molecule has 2 aromatic carbocycles. The van der Waals surface area contributed by atoms with E-state index in [0.29, 0.717) is 5.39 Å². The normalized spacial score (nSPS) is 9.43. The van der Waals surface area contributed by atoms with Crippen molar-refractivity contribution in [3.8, 4) is 5.75 Å². The molecule has 0 heterocycles. The summed E-state index contributed by atoms with van der Waals surface area (Å²) in [5, 5.41) is 13.8. The van der Waals surface area contributed by atoms with Crippen LogP contribution in [0.4, 0.5) is 5.69 Å². The number of rotatable bonds is 1. The van der Waals surface area contributed by atoms with Crippen LogP contribution in [-0.4, -0.2) is 5.11 Å². The van der Waals surface area contributed by atoms with Gasteiger partial charge >= 0.3 is 17.1 Å². The first kappa shape index (κ1) is 10.7. The summed E-state index contributed by atoms with van der Waals surface area (Å²) in [6, 6.07) is 10.5. The Hall–Kier alpha value is -1.38. The van der Waals surface area contributed by atoms with E-state index in [4.69, 9.17) is 0 Å². The van der Waals surface area contributed by atoms with E-state index in [2.05, 4.69) is 5.18 Å². The third-order valence-corrected chi connectivity index (χ3v) is 1.98. The molecule has 0 saturated carbocycles. The molecule has 0 bridgehead atoms. The first-order valence-electron chi connectivity index (χ1n) is 3.87. The Bertz CT molecular complexity index is 471. The van der Waals surface area contributed by atoms with E-state index in [1.807, 2.05) is 12.1 Å². The molecule has 0 aliphatic carbocycles. The average molecular weight is 229 g/mol. The molecule has 0 saturated heterocycles. The van der Waals surface area contributed by atoms with E-state index < -0.39 is 0 Å². The third kappa shape index (κ3) is 1.62.